The molecule has 29 heavy (non-hydrogen) atoms. The van der Waals surface area contributed by atoms with Crippen LogP contribution in [0.5, 0.6) is 0 Å². The molecule has 10 heteroatoms. The third kappa shape index (κ3) is 3.61. The van der Waals surface area contributed by atoms with Gasteiger partial charge in [0.2, 0.25) is 0 Å². The molecule has 0 bridgehead atoms. The van der Waals surface area contributed by atoms with Crippen molar-refractivity contribution >= 4 is 35.1 Å². The maximum Gasteiger partial charge on any atom is 0.334 e. The monoisotopic (exact) mass is 405 g/mol. The fraction of sp³-hybridized carbons (Fsp3) is 0.211. The highest BCUT2D eigenvalue weighted by Gasteiger charge is 2.30. The molecule has 1 aromatic heterocycles. The zero-order chi connectivity index (χ0) is 21.5. The molecule has 1 atom stereocenters. The standard InChI is InChI=1S/C19H17F2N3O5/c1-7-12(23-8(2)14(7)18(27)22-6-13(25)19(28)29)5-9-15-11(24-17(9)26)4-3-10(20)16(15)21/h3-5,13,23,25H,6H2,1-2H3,(H,22,27)(H,24,26)(H,28,29)/b9-5-. The Morgan fingerprint density at radius 1 is 1.28 bits per heavy atom. The van der Waals surface area contributed by atoms with Crippen molar-refractivity contribution in [1.29, 1.82) is 0 Å². The zero-order valence-electron chi connectivity index (χ0n) is 15.4. The molecule has 2 aromatic rings. The van der Waals surface area contributed by atoms with Crippen molar-refractivity contribution in [2.75, 3.05) is 11.9 Å². The number of aromatic amines is 1. The number of halogens is 2. The van der Waals surface area contributed by atoms with Crippen molar-refractivity contribution in [2.24, 2.45) is 0 Å². The number of carboxylic acids is 1. The molecule has 3 rings (SSSR count). The summed E-state index contributed by atoms with van der Waals surface area (Å²) in [6.07, 6.45) is -0.439. The topological polar surface area (TPSA) is 132 Å². The molecule has 1 aliphatic heterocycles. The van der Waals surface area contributed by atoms with Crippen molar-refractivity contribution in [2.45, 2.75) is 20.0 Å². The van der Waals surface area contributed by atoms with E-state index in [0.717, 1.165) is 6.07 Å². The van der Waals surface area contributed by atoms with Crippen LogP contribution in [-0.2, 0) is 9.59 Å². The Hall–Kier alpha value is -3.53. The molecular formula is C19H17F2N3O5. The highest BCUT2D eigenvalue weighted by Crippen LogP contribution is 2.36. The van der Waals surface area contributed by atoms with Gasteiger partial charge in [0.15, 0.2) is 17.7 Å². The first kappa shape index (κ1) is 20.2. The highest BCUT2D eigenvalue weighted by atomic mass is 19.2. The second kappa shape index (κ2) is 7.47. The van der Waals surface area contributed by atoms with Gasteiger partial charge in [-0.15, -0.1) is 0 Å². The van der Waals surface area contributed by atoms with E-state index in [9.17, 15) is 28.3 Å². The molecule has 1 aromatic carbocycles. The molecule has 2 amide bonds. The molecule has 8 nitrogen and oxygen atoms in total. The zero-order valence-corrected chi connectivity index (χ0v) is 15.4. The lowest BCUT2D eigenvalue weighted by molar-refractivity contribution is -0.146. The Balaban J connectivity index is 1.96. The van der Waals surface area contributed by atoms with Crippen LogP contribution in [-0.4, -0.2) is 45.6 Å². The summed E-state index contributed by atoms with van der Waals surface area (Å²) in [4.78, 5) is 38.2. The number of carboxylic acid groups (broad SMARTS) is 1. The maximum absolute atomic E-state index is 14.2. The maximum atomic E-state index is 14.2. The van der Waals surface area contributed by atoms with Crippen molar-refractivity contribution in [1.82, 2.24) is 10.3 Å². The van der Waals surface area contributed by atoms with Crippen LogP contribution in [0.2, 0.25) is 0 Å². The molecule has 1 unspecified atom stereocenters. The molecule has 1 aliphatic rings. The molecular weight excluding hydrogens is 388 g/mol. The normalized spacial score (nSPS) is 15.2. The minimum atomic E-state index is -1.75. The molecule has 2 heterocycles. The summed E-state index contributed by atoms with van der Waals surface area (Å²) in [5.41, 5.74) is 1.18. The van der Waals surface area contributed by atoms with E-state index in [1.807, 2.05) is 0 Å². The van der Waals surface area contributed by atoms with E-state index in [-0.39, 0.29) is 22.4 Å². The average Bonchev–Trinajstić information content (AvgIpc) is 3.12. The van der Waals surface area contributed by atoms with E-state index in [0.29, 0.717) is 17.0 Å². The van der Waals surface area contributed by atoms with Crippen LogP contribution in [0.15, 0.2) is 12.1 Å². The summed E-state index contributed by atoms with van der Waals surface area (Å²) in [5, 5.41) is 22.7. The second-order valence-electron chi connectivity index (χ2n) is 6.52. The quantitative estimate of drug-likeness (QED) is 0.482. The minimum Gasteiger partial charge on any atom is -0.479 e. The number of rotatable bonds is 5. The summed E-state index contributed by atoms with van der Waals surface area (Å²) in [6, 6.07) is 2.17. The Labute approximate surface area is 163 Å². The summed E-state index contributed by atoms with van der Waals surface area (Å²) in [6.45, 7) is 2.67. The van der Waals surface area contributed by atoms with Crippen LogP contribution in [0.25, 0.3) is 11.6 Å². The number of carbonyl (C=O) groups excluding carboxylic acids is 2. The molecule has 0 fully saturated rings. The molecule has 152 valence electrons. The first-order valence-electron chi connectivity index (χ1n) is 8.51. The van der Waals surface area contributed by atoms with Crippen LogP contribution in [0.4, 0.5) is 14.5 Å². The van der Waals surface area contributed by atoms with Gasteiger partial charge < -0.3 is 25.8 Å². The van der Waals surface area contributed by atoms with Gasteiger partial charge >= 0.3 is 5.97 Å². The molecule has 0 saturated carbocycles. The van der Waals surface area contributed by atoms with Gasteiger partial charge in [0.05, 0.1) is 23.4 Å². The Bertz CT molecular complexity index is 1070. The van der Waals surface area contributed by atoms with Crippen molar-refractivity contribution in [3.8, 4) is 0 Å². The SMILES string of the molecule is Cc1[nH]c(/C=C2\C(=O)Nc3ccc(F)c(F)c32)c(C)c1C(=O)NCC(O)C(=O)O. The number of aliphatic carboxylic acids is 1. The van der Waals surface area contributed by atoms with E-state index in [1.165, 1.54) is 12.1 Å². The van der Waals surface area contributed by atoms with Crippen molar-refractivity contribution < 1.29 is 33.4 Å². The van der Waals surface area contributed by atoms with Crippen molar-refractivity contribution in [3.05, 3.63) is 51.8 Å². The van der Waals surface area contributed by atoms with E-state index >= 15 is 0 Å². The Morgan fingerprint density at radius 2 is 1.97 bits per heavy atom. The molecule has 0 aliphatic carbocycles. The first-order valence-corrected chi connectivity index (χ1v) is 8.51. The van der Waals surface area contributed by atoms with Crippen LogP contribution in [0.3, 0.4) is 0 Å². The number of aliphatic hydroxyl groups excluding tert-OH is 1. The molecule has 0 saturated heterocycles. The van der Waals surface area contributed by atoms with Crippen LogP contribution in [0.1, 0.15) is 32.9 Å². The van der Waals surface area contributed by atoms with Crippen LogP contribution >= 0.6 is 0 Å². The van der Waals surface area contributed by atoms with Gasteiger partial charge in [0.1, 0.15) is 0 Å². The number of fused-ring (bicyclic) bond motifs is 1. The lowest BCUT2D eigenvalue weighted by Crippen LogP contribution is -2.36. The predicted octanol–water partition coefficient (Wildman–Crippen LogP) is 1.58. The lowest BCUT2D eigenvalue weighted by Gasteiger charge is -2.08. The molecule has 0 spiro atoms. The number of hydrogen-bond donors (Lipinski definition) is 5. The van der Waals surface area contributed by atoms with Gasteiger partial charge in [-0.3, -0.25) is 9.59 Å². The van der Waals surface area contributed by atoms with Gasteiger partial charge in [0, 0.05) is 17.0 Å². The summed E-state index contributed by atoms with van der Waals surface area (Å²) in [7, 11) is 0. The summed E-state index contributed by atoms with van der Waals surface area (Å²) < 4.78 is 27.8. The largest absolute Gasteiger partial charge is 0.479 e. The van der Waals surface area contributed by atoms with E-state index < -0.39 is 42.1 Å². The van der Waals surface area contributed by atoms with E-state index in [4.69, 9.17) is 5.11 Å². The van der Waals surface area contributed by atoms with Crippen molar-refractivity contribution in [3.63, 3.8) is 0 Å². The van der Waals surface area contributed by atoms with Crippen LogP contribution in [0, 0.1) is 25.5 Å². The predicted molar refractivity (Wildman–Crippen MR) is 99.1 cm³/mol. The van der Waals surface area contributed by atoms with E-state index in [1.54, 1.807) is 13.8 Å². The summed E-state index contributed by atoms with van der Waals surface area (Å²) in [5.74, 6) is -4.98. The third-order valence-electron chi connectivity index (χ3n) is 4.59. The number of aromatic nitrogens is 1. The van der Waals surface area contributed by atoms with Gasteiger partial charge in [-0.1, -0.05) is 0 Å². The number of amides is 2. The fourth-order valence-corrected chi connectivity index (χ4v) is 3.13. The lowest BCUT2D eigenvalue weighted by atomic mass is 10.0. The fourth-order valence-electron chi connectivity index (χ4n) is 3.13. The number of nitrogens with one attached hydrogen (secondary N) is 3. The average molecular weight is 405 g/mol. The number of aliphatic hydroxyl groups is 1. The van der Waals surface area contributed by atoms with Crippen LogP contribution < -0.4 is 10.6 Å². The number of H-pyrrole nitrogens is 1. The second-order valence-corrected chi connectivity index (χ2v) is 6.52. The first-order chi connectivity index (χ1) is 13.6. The number of aryl methyl sites for hydroxylation is 1. The smallest absolute Gasteiger partial charge is 0.334 e. The Morgan fingerprint density at radius 3 is 2.62 bits per heavy atom. The minimum absolute atomic E-state index is 0.102. The number of anilines is 1. The third-order valence-corrected chi connectivity index (χ3v) is 4.59. The van der Waals surface area contributed by atoms with Gasteiger partial charge in [-0.2, -0.15) is 0 Å². The number of benzene rings is 1. The Kier molecular flexibility index (Phi) is 5.21. The van der Waals surface area contributed by atoms with Gasteiger partial charge in [-0.05, 0) is 37.6 Å². The molecule has 5 N–H and O–H groups in total. The van der Waals surface area contributed by atoms with E-state index in [2.05, 4.69) is 15.6 Å². The summed E-state index contributed by atoms with van der Waals surface area (Å²) >= 11 is 0. The van der Waals surface area contributed by atoms with Gasteiger partial charge in [-0.25, -0.2) is 13.6 Å². The van der Waals surface area contributed by atoms with Gasteiger partial charge in [0.25, 0.3) is 11.8 Å². The number of hydrogen-bond acceptors (Lipinski definition) is 4. The highest BCUT2D eigenvalue weighted by molar-refractivity contribution is 6.35. The molecule has 0 radical (unpaired) electrons. The number of carbonyl (C=O) groups is 3.